The lowest BCUT2D eigenvalue weighted by molar-refractivity contribution is 0.0994. The number of hydrogen-bond donors (Lipinski definition) is 2. The van der Waals surface area contributed by atoms with Crippen LogP contribution >= 0.6 is 0 Å². The number of anilines is 1. The molecule has 0 radical (unpaired) electrons. The second-order valence-corrected chi connectivity index (χ2v) is 3.97. The molecule has 1 heterocycles. The molecular weight excluding hydrogens is 247 g/mol. The molecule has 0 bridgehead atoms. The first-order valence-corrected chi connectivity index (χ1v) is 5.77. The topological polar surface area (TPSA) is 80.9 Å². The Hall–Kier alpha value is -2.50. The van der Waals surface area contributed by atoms with Gasteiger partial charge in [0.1, 0.15) is 11.6 Å². The van der Waals surface area contributed by atoms with Gasteiger partial charge in [0.15, 0.2) is 5.69 Å². The largest absolute Gasteiger partial charge is 0.368 e. The number of hydrogen-bond acceptors (Lipinski definition) is 4. The first kappa shape index (κ1) is 12.9. The third kappa shape index (κ3) is 3.74. The van der Waals surface area contributed by atoms with Crippen LogP contribution in [0.3, 0.4) is 0 Å². The van der Waals surface area contributed by atoms with Gasteiger partial charge in [0.05, 0.1) is 0 Å². The van der Waals surface area contributed by atoms with Gasteiger partial charge in [0.25, 0.3) is 5.91 Å². The Morgan fingerprint density at radius 1 is 1.26 bits per heavy atom. The quantitative estimate of drug-likeness (QED) is 0.850. The molecule has 0 fully saturated rings. The molecule has 98 valence electrons. The van der Waals surface area contributed by atoms with Crippen molar-refractivity contribution in [2.24, 2.45) is 5.73 Å². The molecule has 0 spiro atoms. The SMILES string of the molecule is NC(=O)c1ccc(NCCc2cccc(F)c2)nn1. The normalized spacial score (nSPS) is 10.2. The van der Waals surface area contributed by atoms with Crippen molar-refractivity contribution in [2.75, 3.05) is 11.9 Å². The number of rotatable bonds is 5. The Kier molecular flexibility index (Phi) is 4.02. The van der Waals surface area contributed by atoms with E-state index in [1.165, 1.54) is 18.2 Å². The highest BCUT2D eigenvalue weighted by atomic mass is 19.1. The molecule has 0 aliphatic heterocycles. The average molecular weight is 260 g/mol. The Morgan fingerprint density at radius 3 is 2.74 bits per heavy atom. The standard InChI is InChI=1S/C13H13FN4O/c14-10-3-1-2-9(8-10)6-7-16-12-5-4-11(13(15)19)17-18-12/h1-5,8H,6-7H2,(H2,15,19)(H,16,18). The summed E-state index contributed by atoms with van der Waals surface area (Å²) in [4.78, 5) is 10.8. The van der Waals surface area contributed by atoms with E-state index in [9.17, 15) is 9.18 Å². The van der Waals surface area contributed by atoms with Crippen molar-refractivity contribution in [1.82, 2.24) is 10.2 Å². The number of carbonyl (C=O) groups excluding carboxylic acids is 1. The fourth-order valence-electron chi connectivity index (χ4n) is 1.59. The maximum Gasteiger partial charge on any atom is 0.269 e. The van der Waals surface area contributed by atoms with Gasteiger partial charge in [-0.2, -0.15) is 0 Å². The van der Waals surface area contributed by atoms with Crippen LogP contribution < -0.4 is 11.1 Å². The van der Waals surface area contributed by atoms with Crippen LogP contribution in [0.5, 0.6) is 0 Å². The van der Waals surface area contributed by atoms with E-state index < -0.39 is 5.91 Å². The third-order valence-corrected chi connectivity index (χ3v) is 2.53. The predicted octanol–water partition coefficient (Wildman–Crippen LogP) is 1.37. The van der Waals surface area contributed by atoms with Crippen molar-refractivity contribution in [2.45, 2.75) is 6.42 Å². The van der Waals surface area contributed by atoms with Crippen molar-refractivity contribution < 1.29 is 9.18 Å². The Balaban J connectivity index is 1.87. The molecule has 0 atom stereocenters. The number of benzene rings is 1. The van der Waals surface area contributed by atoms with Gasteiger partial charge in [-0.3, -0.25) is 4.79 Å². The molecular formula is C13H13FN4O. The van der Waals surface area contributed by atoms with Crippen LogP contribution in [0.1, 0.15) is 16.1 Å². The molecule has 3 N–H and O–H groups in total. The van der Waals surface area contributed by atoms with Crippen molar-refractivity contribution in [3.05, 3.63) is 53.5 Å². The number of aromatic nitrogens is 2. The fourth-order valence-corrected chi connectivity index (χ4v) is 1.59. The highest BCUT2D eigenvalue weighted by Crippen LogP contribution is 2.06. The highest BCUT2D eigenvalue weighted by Gasteiger charge is 2.02. The molecule has 2 rings (SSSR count). The van der Waals surface area contributed by atoms with Crippen LogP contribution in [0.25, 0.3) is 0 Å². The van der Waals surface area contributed by atoms with E-state index in [2.05, 4.69) is 15.5 Å². The number of carbonyl (C=O) groups is 1. The molecule has 2 aromatic rings. The number of nitrogens with zero attached hydrogens (tertiary/aromatic N) is 2. The molecule has 1 amide bonds. The van der Waals surface area contributed by atoms with Crippen molar-refractivity contribution in [3.8, 4) is 0 Å². The van der Waals surface area contributed by atoms with E-state index in [-0.39, 0.29) is 11.5 Å². The summed E-state index contributed by atoms with van der Waals surface area (Å²) in [6, 6.07) is 9.55. The van der Waals surface area contributed by atoms with Crippen LogP contribution in [0.2, 0.25) is 0 Å². The number of primary amides is 1. The lowest BCUT2D eigenvalue weighted by Gasteiger charge is -2.05. The molecule has 0 aliphatic rings. The monoisotopic (exact) mass is 260 g/mol. The van der Waals surface area contributed by atoms with Gasteiger partial charge in [0, 0.05) is 6.54 Å². The van der Waals surface area contributed by atoms with Crippen LogP contribution in [0.4, 0.5) is 10.2 Å². The minimum Gasteiger partial charge on any atom is -0.368 e. The van der Waals surface area contributed by atoms with E-state index in [0.29, 0.717) is 18.8 Å². The summed E-state index contributed by atoms with van der Waals surface area (Å²) >= 11 is 0. The molecule has 0 saturated heterocycles. The number of nitrogens with one attached hydrogen (secondary N) is 1. The summed E-state index contributed by atoms with van der Waals surface area (Å²) < 4.78 is 13.0. The lowest BCUT2D eigenvalue weighted by Crippen LogP contribution is -2.14. The molecule has 0 unspecified atom stereocenters. The second-order valence-electron chi connectivity index (χ2n) is 3.97. The smallest absolute Gasteiger partial charge is 0.269 e. The van der Waals surface area contributed by atoms with Gasteiger partial charge in [-0.1, -0.05) is 12.1 Å². The predicted molar refractivity (Wildman–Crippen MR) is 69.1 cm³/mol. The van der Waals surface area contributed by atoms with Gasteiger partial charge >= 0.3 is 0 Å². The van der Waals surface area contributed by atoms with Crippen molar-refractivity contribution >= 4 is 11.7 Å². The van der Waals surface area contributed by atoms with Crippen molar-refractivity contribution in [3.63, 3.8) is 0 Å². The van der Waals surface area contributed by atoms with Crippen molar-refractivity contribution in [1.29, 1.82) is 0 Å². The number of nitrogens with two attached hydrogens (primary N) is 1. The molecule has 1 aromatic carbocycles. The highest BCUT2D eigenvalue weighted by molar-refractivity contribution is 5.90. The minimum absolute atomic E-state index is 0.121. The van der Waals surface area contributed by atoms with E-state index in [4.69, 9.17) is 5.73 Å². The summed E-state index contributed by atoms with van der Waals surface area (Å²) in [6.07, 6.45) is 0.664. The van der Waals surface area contributed by atoms with Gasteiger partial charge < -0.3 is 11.1 Å². The summed E-state index contributed by atoms with van der Waals surface area (Å²) in [5.74, 6) is -0.316. The summed E-state index contributed by atoms with van der Waals surface area (Å²) in [5.41, 5.74) is 6.08. The summed E-state index contributed by atoms with van der Waals surface area (Å²) in [7, 11) is 0. The number of halogens is 1. The van der Waals surface area contributed by atoms with E-state index >= 15 is 0 Å². The first-order chi connectivity index (χ1) is 9.15. The van der Waals surface area contributed by atoms with Crippen LogP contribution in [-0.2, 0) is 6.42 Å². The zero-order valence-electron chi connectivity index (χ0n) is 10.1. The third-order valence-electron chi connectivity index (χ3n) is 2.53. The molecule has 5 nitrogen and oxygen atoms in total. The molecule has 0 saturated carbocycles. The molecule has 1 aromatic heterocycles. The Morgan fingerprint density at radius 2 is 2.11 bits per heavy atom. The number of amides is 1. The zero-order chi connectivity index (χ0) is 13.7. The Bertz CT molecular complexity index is 571. The van der Waals surface area contributed by atoms with Gasteiger partial charge in [-0.15, -0.1) is 10.2 Å². The zero-order valence-corrected chi connectivity index (χ0v) is 10.1. The first-order valence-electron chi connectivity index (χ1n) is 5.77. The lowest BCUT2D eigenvalue weighted by atomic mass is 10.1. The van der Waals surface area contributed by atoms with Crippen LogP contribution in [0, 0.1) is 5.82 Å². The minimum atomic E-state index is -0.612. The second kappa shape index (κ2) is 5.90. The maximum atomic E-state index is 13.0. The molecule has 19 heavy (non-hydrogen) atoms. The molecule has 6 heteroatoms. The molecule has 0 aliphatic carbocycles. The van der Waals surface area contributed by atoms with Crippen LogP contribution in [0.15, 0.2) is 36.4 Å². The Labute approximate surface area is 109 Å². The average Bonchev–Trinajstić information content (AvgIpc) is 2.39. The van der Waals surface area contributed by atoms with Crippen LogP contribution in [-0.4, -0.2) is 22.6 Å². The maximum absolute atomic E-state index is 13.0. The van der Waals surface area contributed by atoms with Gasteiger partial charge in [-0.25, -0.2) is 4.39 Å². The van der Waals surface area contributed by atoms with E-state index in [0.717, 1.165) is 5.56 Å². The van der Waals surface area contributed by atoms with Gasteiger partial charge in [0.2, 0.25) is 0 Å². The van der Waals surface area contributed by atoms with E-state index in [1.54, 1.807) is 12.1 Å². The summed E-state index contributed by atoms with van der Waals surface area (Å²) in [5, 5.41) is 10.5. The van der Waals surface area contributed by atoms with E-state index in [1.807, 2.05) is 6.07 Å². The fraction of sp³-hybridized carbons (Fsp3) is 0.154. The summed E-state index contributed by atoms with van der Waals surface area (Å²) in [6.45, 7) is 0.591. The van der Waals surface area contributed by atoms with Gasteiger partial charge in [-0.05, 0) is 36.2 Å².